The Morgan fingerprint density at radius 2 is 2.00 bits per heavy atom. The highest BCUT2D eigenvalue weighted by molar-refractivity contribution is 5.85. The van der Waals surface area contributed by atoms with E-state index >= 15 is 0 Å². The molecule has 3 unspecified atom stereocenters. The average molecular weight is 494 g/mol. The topological polar surface area (TPSA) is 95.7 Å². The summed E-state index contributed by atoms with van der Waals surface area (Å²) < 4.78 is 0. The van der Waals surface area contributed by atoms with E-state index in [0.29, 0.717) is 37.0 Å². The Morgan fingerprint density at radius 3 is 2.65 bits per heavy atom. The van der Waals surface area contributed by atoms with Gasteiger partial charge in [0.05, 0.1) is 5.92 Å². The number of phenols is 1. The van der Waals surface area contributed by atoms with Crippen LogP contribution in [-0.4, -0.2) is 48.0 Å². The SMILES string of the molecule is CC1CN(CC(CC2CCCCC2)C(=O)NCCCC(N)=O)CCC1(C)c1cccc(O)c1.Cl. The van der Waals surface area contributed by atoms with Gasteiger partial charge in [-0.05, 0) is 60.8 Å². The van der Waals surface area contributed by atoms with Crippen LogP contribution in [0.25, 0.3) is 0 Å². The minimum absolute atomic E-state index is 0. The maximum atomic E-state index is 13.1. The van der Waals surface area contributed by atoms with Crippen LogP contribution < -0.4 is 11.1 Å². The van der Waals surface area contributed by atoms with Gasteiger partial charge in [0.25, 0.3) is 0 Å². The van der Waals surface area contributed by atoms with Gasteiger partial charge >= 0.3 is 0 Å². The first-order valence-electron chi connectivity index (χ1n) is 12.9. The quantitative estimate of drug-likeness (QED) is 0.421. The summed E-state index contributed by atoms with van der Waals surface area (Å²) in [5.74, 6) is 1.17. The van der Waals surface area contributed by atoms with Gasteiger partial charge in [0, 0.05) is 26.1 Å². The van der Waals surface area contributed by atoms with E-state index < -0.39 is 0 Å². The highest BCUT2D eigenvalue weighted by Crippen LogP contribution is 2.40. The van der Waals surface area contributed by atoms with E-state index in [1.165, 1.54) is 37.7 Å². The number of nitrogens with zero attached hydrogens (tertiary/aromatic N) is 1. The molecule has 1 aliphatic heterocycles. The Bertz CT molecular complexity index is 799. The minimum atomic E-state index is -0.319. The summed E-state index contributed by atoms with van der Waals surface area (Å²) in [5.41, 5.74) is 6.44. The summed E-state index contributed by atoms with van der Waals surface area (Å²) in [4.78, 5) is 26.6. The molecule has 1 saturated heterocycles. The van der Waals surface area contributed by atoms with Crippen molar-refractivity contribution in [1.82, 2.24) is 10.2 Å². The number of nitrogens with two attached hydrogens (primary N) is 1. The van der Waals surface area contributed by atoms with Gasteiger partial charge in [-0.2, -0.15) is 0 Å². The number of halogens is 1. The van der Waals surface area contributed by atoms with Crippen molar-refractivity contribution in [3.8, 4) is 5.75 Å². The lowest BCUT2D eigenvalue weighted by Crippen LogP contribution is -2.50. The van der Waals surface area contributed by atoms with Gasteiger partial charge in [0.15, 0.2) is 0 Å². The van der Waals surface area contributed by atoms with Crippen molar-refractivity contribution in [2.75, 3.05) is 26.2 Å². The van der Waals surface area contributed by atoms with Gasteiger partial charge in [-0.25, -0.2) is 0 Å². The third-order valence-electron chi connectivity index (χ3n) is 8.16. The second kappa shape index (κ2) is 13.3. The van der Waals surface area contributed by atoms with Crippen LogP contribution >= 0.6 is 12.4 Å². The number of hydrogen-bond donors (Lipinski definition) is 3. The smallest absolute Gasteiger partial charge is 0.224 e. The zero-order valence-corrected chi connectivity index (χ0v) is 21.7. The Morgan fingerprint density at radius 1 is 1.26 bits per heavy atom. The predicted molar refractivity (Wildman–Crippen MR) is 139 cm³/mol. The first kappa shape index (κ1) is 28.4. The van der Waals surface area contributed by atoms with Crippen molar-refractivity contribution in [2.45, 2.75) is 77.0 Å². The van der Waals surface area contributed by atoms with Crippen LogP contribution in [0, 0.1) is 17.8 Å². The fourth-order valence-corrected chi connectivity index (χ4v) is 5.79. The zero-order chi connectivity index (χ0) is 23.8. The molecule has 7 heteroatoms. The molecule has 6 nitrogen and oxygen atoms in total. The molecule has 1 aromatic carbocycles. The summed E-state index contributed by atoms with van der Waals surface area (Å²) >= 11 is 0. The molecule has 1 aliphatic carbocycles. The number of carbonyl (C=O) groups excluding carboxylic acids is 2. The van der Waals surface area contributed by atoms with Crippen LogP contribution in [0.2, 0.25) is 0 Å². The number of amides is 2. The number of benzene rings is 1. The monoisotopic (exact) mass is 493 g/mol. The van der Waals surface area contributed by atoms with E-state index in [0.717, 1.165) is 32.5 Å². The van der Waals surface area contributed by atoms with Crippen LogP contribution in [-0.2, 0) is 15.0 Å². The largest absolute Gasteiger partial charge is 0.508 e. The van der Waals surface area contributed by atoms with Gasteiger partial charge in [0.1, 0.15) is 5.75 Å². The number of rotatable bonds is 10. The van der Waals surface area contributed by atoms with E-state index in [9.17, 15) is 14.7 Å². The molecule has 192 valence electrons. The molecular weight excluding hydrogens is 450 g/mol. The molecule has 2 amide bonds. The molecular formula is C27H44ClN3O3. The zero-order valence-electron chi connectivity index (χ0n) is 20.9. The van der Waals surface area contributed by atoms with Crippen molar-refractivity contribution in [3.63, 3.8) is 0 Å². The molecule has 0 aromatic heterocycles. The number of carbonyl (C=O) groups is 2. The van der Waals surface area contributed by atoms with Gasteiger partial charge in [-0.3, -0.25) is 9.59 Å². The third kappa shape index (κ3) is 7.88. The molecule has 34 heavy (non-hydrogen) atoms. The van der Waals surface area contributed by atoms with E-state index in [4.69, 9.17) is 5.73 Å². The highest BCUT2D eigenvalue weighted by atomic mass is 35.5. The van der Waals surface area contributed by atoms with Crippen molar-refractivity contribution in [2.24, 2.45) is 23.5 Å². The fraction of sp³-hybridized carbons (Fsp3) is 0.704. The van der Waals surface area contributed by atoms with E-state index in [2.05, 4.69) is 30.1 Å². The molecule has 1 saturated carbocycles. The average Bonchev–Trinajstić information content (AvgIpc) is 2.79. The van der Waals surface area contributed by atoms with Gasteiger partial charge in [0.2, 0.25) is 11.8 Å². The Labute approximate surface area is 211 Å². The summed E-state index contributed by atoms with van der Waals surface area (Å²) in [6.07, 6.45) is 9.21. The van der Waals surface area contributed by atoms with Gasteiger partial charge in [-0.15, -0.1) is 12.4 Å². The molecule has 2 aliphatic rings. The molecule has 1 heterocycles. The van der Waals surface area contributed by atoms with Gasteiger partial charge < -0.3 is 21.1 Å². The van der Waals surface area contributed by atoms with Crippen LogP contribution in [0.4, 0.5) is 0 Å². The predicted octanol–water partition coefficient (Wildman–Crippen LogP) is 4.38. The second-order valence-corrected chi connectivity index (χ2v) is 10.7. The molecule has 0 spiro atoms. The molecule has 3 rings (SSSR count). The van der Waals surface area contributed by atoms with Gasteiger partial charge in [-0.1, -0.05) is 58.1 Å². The molecule has 2 fully saturated rings. The summed E-state index contributed by atoms with van der Waals surface area (Å²) in [6.45, 7) is 7.79. The first-order chi connectivity index (χ1) is 15.8. The lowest BCUT2D eigenvalue weighted by atomic mass is 9.68. The van der Waals surface area contributed by atoms with Crippen molar-refractivity contribution in [1.29, 1.82) is 0 Å². The lowest BCUT2D eigenvalue weighted by Gasteiger charge is -2.46. The molecule has 0 bridgehead atoms. The third-order valence-corrected chi connectivity index (χ3v) is 8.16. The van der Waals surface area contributed by atoms with E-state index in [1.54, 1.807) is 6.07 Å². The van der Waals surface area contributed by atoms with Crippen molar-refractivity contribution < 1.29 is 14.7 Å². The number of piperidine rings is 1. The Kier molecular flexibility index (Phi) is 11.2. The van der Waals surface area contributed by atoms with Crippen LogP contribution in [0.3, 0.4) is 0 Å². The molecule has 1 aromatic rings. The number of phenolic OH excluding ortho intramolecular Hbond substituents is 1. The number of primary amides is 1. The molecule has 3 atom stereocenters. The Hall–Kier alpha value is -1.79. The number of nitrogens with one attached hydrogen (secondary N) is 1. The summed E-state index contributed by atoms with van der Waals surface area (Å²) in [7, 11) is 0. The van der Waals surface area contributed by atoms with E-state index in [1.807, 2.05) is 12.1 Å². The molecule has 0 radical (unpaired) electrons. The standard InChI is InChI=1S/C27H43N3O3.ClH/c1-20-18-30(15-13-27(20,2)23-10-6-11-24(31)17-23)19-22(16-21-8-4-3-5-9-21)26(33)29-14-7-12-25(28)32;/h6,10-11,17,20-22,31H,3-5,7-9,12-16,18-19H2,1-2H3,(H2,28,32)(H,29,33);1H. The summed E-state index contributed by atoms with van der Waals surface area (Å²) in [5, 5.41) is 13.0. The van der Waals surface area contributed by atoms with Crippen LogP contribution in [0.1, 0.15) is 77.2 Å². The Balaban J connectivity index is 0.00000408. The van der Waals surface area contributed by atoms with Crippen molar-refractivity contribution in [3.05, 3.63) is 29.8 Å². The fourth-order valence-electron chi connectivity index (χ4n) is 5.79. The van der Waals surface area contributed by atoms with Crippen LogP contribution in [0.5, 0.6) is 5.75 Å². The van der Waals surface area contributed by atoms with Crippen LogP contribution in [0.15, 0.2) is 24.3 Å². The maximum Gasteiger partial charge on any atom is 0.224 e. The first-order valence-corrected chi connectivity index (χ1v) is 12.9. The maximum absolute atomic E-state index is 13.1. The van der Waals surface area contributed by atoms with Crippen molar-refractivity contribution >= 4 is 24.2 Å². The van der Waals surface area contributed by atoms with E-state index in [-0.39, 0.29) is 35.6 Å². The lowest BCUT2D eigenvalue weighted by molar-refractivity contribution is -0.127. The normalized spacial score (nSPS) is 24.7. The number of aromatic hydroxyl groups is 1. The molecule has 4 N–H and O–H groups in total. The summed E-state index contributed by atoms with van der Waals surface area (Å²) in [6, 6.07) is 7.68. The number of likely N-dealkylation sites (tertiary alicyclic amines) is 1. The second-order valence-electron chi connectivity index (χ2n) is 10.7. The highest BCUT2D eigenvalue weighted by Gasteiger charge is 2.39. The minimum Gasteiger partial charge on any atom is -0.508 e. The number of hydrogen-bond acceptors (Lipinski definition) is 4.